The minimum Gasteiger partial charge on any atom is -0.369 e. The summed E-state index contributed by atoms with van der Waals surface area (Å²) < 4.78 is 5.47. The summed E-state index contributed by atoms with van der Waals surface area (Å²) in [6.45, 7) is 4.60. The van der Waals surface area contributed by atoms with Gasteiger partial charge in [-0.1, -0.05) is 11.6 Å². The van der Waals surface area contributed by atoms with E-state index in [9.17, 15) is 0 Å². The van der Waals surface area contributed by atoms with Crippen molar-refractivity contribution in [3.63, 3.8) is 0 Å². The molecule has 1 fully saturated rings. The van der Waals surface area contributed by atoms with Crippen molar-refractivity contribution in [1.82, 2.24) is 5.32 Å². The van der Waals surface area contributed by atoms with Crippen molar-refractivity contribution in [3.05, 3.63) is 11.6 Å². The van der Waals surface area contributed by atoms with Crippen molar-refractivity contribution in [2.45, 2.75) is 12.5 Å². The molecule has 1 aliphatic rings. The maximum atomic E-state index is 5.47. The molecule has 0 aromatic rings. The van der Waals surface area contributed by atoms with E-state index < -0.39 is 0 Å². The Labute approximate surface area is 66.2 Å². The highest BCUT2D eigenvalue weighted by molar-refractivity contribution is 6.25. The lowest BCUT2D eigenvalue weighted by Crippen LogP contribution is -2.58. The van der Waals surface area contributed by atoms with E-state index in [1.807, 2.05) is 0 Å². The molecule has 0 aromatic heterocycles. The Morgan fingerprint density at radius 2 is 2.40 bits per heavy atom. The second-order valence-electron chi connectivity index (χ2n) is 2.73. The number of nitrogens with one attached hydrogen (secondary N) is 1. The van der Waals surface area contributed by atoms with Crippen LogP contribution in [0.15, 0.2) is 11.6 Å². The van der Waals surface area contributed by atoms with E-state index in [2.05, 4.69) is 12.2 Å². The first-order valence-corrected chi connectivity index (χ1v) is 3.80. The molecule has 58 valence electrons. The fourth-order valence-electron chi connectivity index (χ4n) is 0.865. The van der Waals surface area contributed by atoms with Gasteiger partial charge in [0.25, 0.3) is 0 Å². The van der Waals surface area contributed by atoms with Gasteiger partial charge in [0, 0.05) is 18.6 Å². The molecule has 0 bridgehead atoms. The normalized spacial score (nSPS) is 23.0. The first-order valence-electron chi connectivity index (χ1n) is 3.37. The standard InChI is InChI=1S/C7H12ClNO/c1-7(5-9-6-7)10-4-2-3-8/h2-3,9H,4-6H2,1H3/b3-2+. The minimum absolute atomic E-state index is 0.0520. The van der Waals surface area contributed by atoms with Crippen molar-refractivity contribution in [1.29, 1.82) is 0 Å². The van der Waals surface area contributed by atoms with Crippen molar-refractivity contribution in [2.24, 2.45) is 0 Å². The van der Waals surface area contributed by atoms with Gasteiger partial charge in [0.1, 0.15) is 0 Å². The van der Waals surface area contributed by atoms with E-state index in [-0.39, 0.29) is 5.60 Å². The summed E-state index contributed by atoms with van der Waals surface area (Å²) >= 11 is 5.32. The average Bonchev–Trinajstić information content (AvgIpc) is 1.85. The van der Waals surface area contributed by atoms with Gasteiger partial charge in [0.05, 0.1) is 12.2 Å². The van der Waals surface area contributed by atoms with E-state index in [0.29, 0.717) is 6.61 Å². The Morgan fingerprint density at radius 1 is 1.70 bits per heavy atom. The van der Waals surface area contributed by atoms with Crippen molar-refractivity contribution >= 4 is 11.6 Å². The Bertz CT molecular complexity index is 132. The van der Waals surface area contributed by atoms with Crippen LogP contribution >= 0.6 is 11.6 Å². The van der Waals surface area contributed by atoms with Crippen molar-refractivity contribution in [3.8, 4) is 0 Å². The molecule has 1 N–H and O–H groups in total. The van der Waals surface area contributed by atoms with Crippen LogP contribution in [0.5, 0.6) is 0 Å². The molecule has 1 heterocycles. The Balaban J connectivity index is 2.12. The molecule has 10 heavy (non-hydrogen) atoms. The number of hydrogen-bond acceptors (Lipinski definition) is 2. The van der Waals surface area contributed by atoms with Crippen LogP contribution in [-0.2, 0) is 4.74 Å². The van der Waals surface area contributed by atoms with E-state index in [1.54, 1.807) is 6.08 Å². The molecular formula is C7H12ClNO. The average molecular weight is 162 g/mol. The Kier molecular flexibility index (Phi) is 2.72. The topological polar surface area (TPSA) is 21.3 Å². The Morgan fingerprint density at radius 3 is 2.80 bits per heavy atom. The summed E-state index contributed by atoms with van der Waals surface area (Å²) in [6.07, 6.45) is 1.80. The molecule has 0 aromatic carbocycles. The van der Waals surface area contributed by atoms with Crippen LogP contribution in [0.4, 0.5) is 0 Å². The SMILES string of the molecule is CC1(OC/C=C/Cl)CNC1. The second kappa shape index (κ2) is 3.37. The molecule has 1 rings (SSSR count). The summed E-state index contributed by atoms with van der Waals surface area (Å²) in [5, 5.41) is 3.15. The van der Waals surface area contributed by atoms with Crippen LogP contribution in [0.25, 0.3) is 0 Å². The number of rotatable bonds is 3. The van der Waals surface area contributed by atoms with E-state index >= 15 is 0 Å². The van der Waals surface area contributed by atoms with Gasteiger partial charge in [-0.2, -0.15) is 0 Å². The zero-order valence-corrected chi connectivity index (χ0v) is 6.82. The monoisotopic (exact) mass is 161 g/mol. The van der Waals surface area contributed by atoms with Crippen LogP contribution < -0.4 is 5.32 Å². The highest BCUT2D eigenvalue weighted by atomic mass is 35.5. The quantitative estimate of drug-likeness (QED) is 0.670. The fourth-order valence-corrected chi connectivity index (χ4v) is 0.938. The lowest BCUT2D eigenvalue weighted by molar-refractivity contribution is -0.0535. The molecule has 3 heteroatoms. The molecule has 0 saturated carbocycles. The van der Waals surface area contributed by atoms with Crippen LogP contribution in [0.1, 0.15) is 6.92 Å². The maximum Gasteiger partial charge on any atom is 0.0906 e. The summed E-state index contributed by atoms with van der Waals surface area (Å²) in [7, 11) is 0. The molecule has 2 nitrogen and oxygen atoms in total. The number of halogens is 1. The minimum atomic E-state index is 0.0520. The van der Waals surface area contributed by atoms with Crippen LogP contribution in [0.3, 0.4) is 0 Å². The molecular weight excluding hydrogens is 150 g/mol. The molecule has 0 spiro atoms. The highest BCUT2D eigenvalue weighted by Gasteiger charge is 2.31. The van der Waals surface area contributed by atoms with Gasteiger partial charge < -0.3 is 10.1 Å². The fraction of sp³-hybridized carbons (Fsp3) is 0.714. The lowest BCUT2D eigenvalue weighted by atomic mass is 10.0. The van der Waals surface area contributed by atoms with Gasteiger partial charge in [0.15, 0.2) is 0 Å². The molecule has 0 amide bonds. The molecule has 1 saturated heterocycles. The summed E-state index contributed by atoms with van der Waals surface area (Å²) in [5.41, 5.74) is 1.53. The molecule has 0 unspecified atom stereocenters. The van der Waals surface area contributed by atoms with Gasteiger partial charge >= 0.3 is 0 Å². The predicted octanol–water partition coefficient (Wildman–Crippen LogP) is 1.12. The van der Waals surface area contributed by atoms with Gasteiger partial charge in [-0.15, -0.1) is 0 Å². The van der Waals surface area contributed by atoms with Gasteiger partial charge in [-0.05, 0) is 13.0 Å². The van der Waals surface area contributed by atoms with E-state index in [0.717, 1.165) is 13.1 Å². The first kappa shape index (κ1) is 8.05. The third kappa shape index (κ3) is 1.97. The molecule has 1 aliphatic heterocycles. The summed E-state index contributed by atoms with van der Waals surface area (Å²) in [6, 6.07) is 0. The lowest BCUT2D eigenvalue weighted by Gasteiger charge is -2.38. The zero-order valence-electron chi connectivity index (χ0n) is 6.06. The van der Waals surface area contributed by atoms with Crippen LogP contribution in [-0.4, -0.2) is 25.3 Å². The van der Waals surface area contributed by atoms with Gasteiger partial charge in [0.2, 0.25) is 0 Å². The Hall–Kier alpha value is -0.0500. The van der Waals surface area contributed by atoms with Crippen LogP contribution in [0.2, 0.25) is 0 Å². The number of ether oxygens (including phenoxy) is 1. The summed E-state index contributed by atoms with van der Waals surface area (Å²) in [4.78, 5) is 0. The predicted molar refractivity (Wildman–Crippen MR) is 42.2 cm³/mol. The summed E-state index contributed by atoms with van der Waals surface area (Å²) in [5.74, 6) is 0. The van der Waals surface area contributed by atoms with Gasteiger partial charge in [-0.3, -0.25) is 0 Å². The molecule has 0 atom stereocenters. The zero-order chi connectivity index (χ0) is 7.45. The second-order valence-corrected chi connectivity index (χ2v) is 2.98. The maximum absolute atomic E-state index is 5.47. The van der Waals surface area contributed by atoms with Crippen LogP contribution in [0, 0.1) is 0 Å². The smallest absolute Gasteiger partial charge is 0.0906 e. The third-order valence-corrected chi connectivity index (χ3v) is 1.79. The van der Waals surface area contributed by atoms with E-state index in [1.165, 1.54) is 5.54 Å². The van der Waals surface area contributed by atoms with E-state index in [4.69, 9.17) is 16.3 Å². The number of hydrogen-bond donors (Lipinski definition) is 1. The first-order chi connectivity index (χ1) is 4.77. The third-order valence-electron chi connectivity index (χ3n) is 1.61. The van der Waals surface area contributed by atoms with Crippen molar-refractivity contribution < 1.29 is 4.74 Å². The van der Waals surface area contributed by atoms with Gasteiger partial charge in [-0.25, -0.2) is 0 Å². The molecule has 0 aliphatic carbocycles. The highest BCUT2D eigenvalue weighted by Crippen LogP contribution is 2.14. The van der Waals surface area contributed by atoms with Crippen molar-refractivity contribution in [2.75, 3.05) is 19.7 Å². The molecule has 0 radical (unpaired) electrons. The largest absolute Gasteiger partial charge is 0.369 e.